The zero-order valence-electron chi connectivity index (χ0n) is 30.4. The molecule has 0 aromatic heterocycles. The van der Waals surface area contributed by atoms with Gasteiger partial charge in [0, 0.05) is 76.0 Å². The van der Waals surface area contributed by atoms with Crippen LogP contribution in [-0.4, -0.2) is 108 Å². The summed E-state index contributed by atoms with van der Waals surface area (Å²) in [6, 6.07) is 8.55. The van der Waals surface area contributed by atoms with E-state index in [9.17, 15) is 13.2 Å². The molecule has 3 aliphatic carbocycles. The third-order valence-corrected chi connectivity index (χ3v) is 12.3. The minimum atomic E-state index is -3.64. The van der Waals surface area contributed by atoms with Crippen molar-refractivity contribution in [3.63, 3.8) is 0 Å². The molecule has 3 unspecified atom stereocenters. The third-order valence-electron chi connectivity index (χ3n) is 10.5. The molecular weight excluding hydrogens is 665 g/mol. The van der Waals surface area contributed by atoms with E-state index >= 15 is 0 Å². The Labute approximate surface area is 305 Å². The monoisotopic (exact) mass is 720 g/mol. The number of fused-ring (bicyclic) bond motifs is 1. The molecule has 11 heteroatoms. The van der Waals surface area contributed by atoms with E-state index in [1.54, 1.807) is 36.5 Å². The summed E-state index contributed by atoms with van der Waals surface area (Å²) in [5, 5.41) is -0.473. The topological polar surface area (TPSA) is 101 Å². The van der Waals surface area contributed by atoms with E-state index in [-0.39, 0.29) is 36.2 Å². The Morgan fingerprint density at radius 1 is 1.02 bits per heavy atom. The number of amides is 1. The van der Waals surface area contributed by atoms with E-state index in [4.69, 9.17) is 13.7 Å². The SMILES string of the molecule is C=CC=N/C(=C\C=C)N(CCN1CCN(c2ccccc2CCOCCOC)CC1)C(=O)C1CCC(COS(=O)(=O)C2C3C=CC(C)=CC32)CC1. The van der Waals surface area contributed by atoms with Crippen molar-refractivity contribution in [3.8, 4) is 0 Å². The first-order valence-electron chi connectivity index (χ1n) is 18.4. The highest BCUT2D eigenvalue weighted by molar-refractivity contribution is 7.87. The second kappa shape index (κ2) is 18.9. The zero-order valence-corrected chi connectivity index (χ0v) is 31.2. The van der Waals surface area contributed by atoms with Crippen molar-refractivity contribution in [3.05, 3.63) is 90.8 Å². The van der Waals surface area contributed by atoms with E-state index in [0.717, 1.165) is 57.6 Å². The van der Waals surface area contributed by atoms with Gasteiger partial charge in [0.25, 0.3) is 10.1 Å². The lowest BCUT2D eigenvalue weighted by Crippen LogP contribution is -2.49. The summed E-state index contributed by atoms with van der Waals surface area (Å²) < 4.78 is 42.4. The molecule has 278 valence electrons. The summed E-state index contributed by atoms with van der Waals surface area (Å²) in [7, 11) is -1.96. The van der Waals surface area contributed by atoms with Gasteiger partial charge in [-0.15, -0.1) is 0 Å². The molecule has 1 saturated heterocycles. The Hall–Kier alpha value is -3.35. The van der Waals surface area contributed by atoms with Crippen LogP contribution in [-0.2, 0) is 35.0 Å². The largest absolute Gasteiger partial charge is 0.382 e. The molecule has 1 aromatic carbocycles. The second-order valence-electron chi connectivity index (χ2n) is 14.0. The van der Waals surface area contributed by atoms with Crippen molar-refractivity contribution in [2.75, 3.05) is 77.7 Å². The van der Waals surface area contributed by atoms with Gasteiger partial charge >= 0.3 is 0 Å². The Balaban J connectivity index is 1.13. The van der Waals surface area contributed by atoms with Crippen LogP contribution in [0.5, 0.6) is 0 Å². The normalized spacial score (nSPS) is 25.4. The lowest BCUT2D eigenvalue weighted by Gasteiger charge is -2.38. The summed E-state index contributed by atoms with van der Waals surface area (Å²) in [4.78, 5) is 25.3. The average molecular weight is 721 g/mol. The molecule has 2 saturated carbocycles. The standard InChI is InChI=1S/C40H56N4O6S/c1-5-9-38(41-19-6-2)44(25-22-42-20-23-43(24-21-42)37-11-8-7-10-33(37)18-26-49-28-27-48-4)40(45)34-15-13-32(14-16-34)30-50-51(46,47)39-35-17-12-31(3)29-36(35)39/h5-12,17,19,29,32,34-36,39H,1-2,13-16,18,20-28,30H2,3-4H3/b38-9+,41-19?. The summed E-state index contributed by atoms with van der Waals surface area (Å²) in [5.74, 6) is 0.605. The Kier molecular flexibility index (Phi) is 14.4. The number of carbonyl (C=O) groups excluding carboxylic acids is 1. The smallest absolute Gasteiger partial charge is 0.271 e. The molecule has 51 heavy (non-hydrogen) atoms. The number of hydrogen-bond acceptors (Lipinski definition) is 9. The number of carbonyl (C=O) groups is 1. The fraction of sp³-hybridized carbons (Fsp3) is 0.550. The maximum Gasteiger partial charge on any atom is 0.271 e. The molecule has 4 aliphatic rings. The lowest BCUT2D eigenvalue weighted by atomic mass is 9.81. The summed E-state index contributed by atoms with van der Waals surface area (Å²) in [5.41, 5.74) is 3.64. The molecule has 0 bridgehead atoms. The highest BCUT2D eigenvalue weighted by atomic mass is 32.2. The van der Waals surface area contributed by atoms with Crippen LogP contribution in [0.4, 0.5) is 5.69 Å². The van der Waals surface area contributed by atoms with Crippen LogP contribution in [0.15, 0.2) is 90.3 Å². The van der Waals surface area contributed by atoms with Gasteiger partial charge in [0.15, 0.2) is 0 Å². The van der Waals surface area contributed by atoms with E-state index in [1.807, 2.05) is 25.2 Å². The molecule has 3 fully saturated rings. The minimum absolute atomic E-state index is 0.0298. The second-order valence-corrected chi connectivity index (χ2v) is 15.7. The van der Waals surface area contributed by atoms with E-state index in [1.165, 1.54) is 11.3 Å². The van der Waals surface area contributed by atoms with Crippen LogP contribution in [0, 0.1) is 23.7 Å². The highest BCUT2D eigenvalue weighted by Gasteiger charge is 2.57. The van der Waals surface area contributed by atoms with Gasteiger partial charge in [0.05, 0.1) is 26.4 Å². The van der Waals surface area contributed by atoms with Crippen LogP contribution >= 0.6 is 0 Å². The van der Waals surface area contributed by atoms with Crippen LogP contribution in [0.25, 0.3) is 0 Å². The van der Waals surface area contributed by atoms with Gasteiger partial charge in [0.1, 0.15) is 11.1 Å². The number of nitrogens with zero attached hydrogens (tertiary/aromatic N) is 4. The van der Waals surface area contributed by atoms with Crippen molar-refractivity contribution in [1.82, 2.24) is 9.80 Å². The number of ether oxygens (including phenoxy) is 2. The number of allylic oxidation sites excluding steroid dienone is 7. The zero-order chi connectivity index (χ0) is 36.2. The Morgan fingerprint density at radius 2 is 1.78 bits per heavy atom. The molecule has 3 atom stereocenters. The lowest BCUT2D eigenvalue weighted by molar-refractivity contribution is -0.135. The maximum atomic E-state index is 14.1. The van der Waals surface area contributed by atoms with Crippen LogP contribution < -0.4 is 4.90 Å². The first-order chi connectivity index (χ1) is 24.7. The molecule has 5 rings (SSSR count). The molecule has 0 N–H and O–H groups in total. The van der Waals surface area contributed by atoms with Crippen molar-refractivity contribution < 1.29 is 26.9 Å². The van der Waals surface area contributed by atoms with Crippen LogP contribution in [0.1, 0.15) is 38.2 Å². The predicted molar refractivity (Wildman–Crippen MR) is 204 cm³/mol. The van der Waals surface area contributed by atoms with Gasteiger partial charge in [-0.25, -0.2) is 4.99 Å². The van der Waals surface area contributed by atoms with Crippen LogP contribution in [0.2, 0.25) is 0 Å². The van der Waals surface area contributed by atoms with Crippen molar-refractivity contribution in [2.45, 2.75) is 44.3 Å². The van der Waals surface area contributed by atoms with Gasteiger partial charge in [-0.1, -0.05) is 67.3 Å². The number of hydrogen-bond donors (Lipinski definition) is 0. The molecule has 10 nitrogen and oxygen atoms in total. The highest BCUT2D eigenvalue weighted by Crippen LogP contribution is 2.50. The number of methoxy groups -OCH3 is 1. The number of piperazine rings is 1. The Bertz CT molecular complexity index is 1570. The number of para-hydroxylation sites is 1. The van der Waals surface area contributed by atoms with E-state index < -0.39 is 15.4 Å². The molecule has 1 aromatic rings. The quantitative estimate of drug-likeness (QED) is 0.0810. The van der Waals surface area contributed by atoms with Gasteiger partial charge in [-0.3, -0.25) is 18.8 Å². The third kappa shape index (κ3) is 10.6. The van der Waals surface area contributed by atoms with Crippen molar-refractivity contribution in [2.24, 2.45) is 28.7 Å². The number of rotatable bonds is 19. The number of benzene rings is 1. The molecule has 1 heterocycles. The summed E-state index contributed by atoms with van der Waals surface area (Å²) >= 11 is 0. The summed E-state index contributed by atoms with van der Waals surface area (Å²) in [6.07, 6.45) is 16.4. The van der Waals surface area contributed by atoms with Crippen molar-refractivity contribution in [1.29, 1.82) is 0 Å². The van der Waals surface area contributed by atoms with E-state index in [0.29, 0.717) is 45.0 Å². The van der Waals surface area contributed by atoms with Gasteiger partial charge < -0.3 is 14.4 Å². The number of anilines is 1. The van der Waals surface area contributed by atoms with Gasteiger partial charge in [0.2, 0.25) is 5.91 Å². The number of aliphatic imine (C=N–C) groups is 1. The Morgan fingerprint density at radius 3 is 2.49 bits per heavy atom. The summed E-state index contributed by atoms with van der Waals surface area (Å²) in [6.45, 7) is 16.5. The fourth-order valence-electron chi connectivity index (χ4n) is 7.53. The molecule has 0 radical (unpaired) electrons. The van der Waals surface area contributed by atoms with Crippen molar-refractivity contribution >= 4 is 27.9 Å². The predicted octanol–water partition coefficient (Wildman–Crippen LogP) is 5.41. The average Bonchev–Trinajstić information content (AvgIpc) is 3.88. The molecular formula is C40H56N4O6S. The van der Waals surface area contributed by atoms with E-state index in [2.05, 4.69) is 52.2 Å². The van der Waals surface area contributed by atoms with Crippen LogP contribution in [0.3, 0.4) is 0 Å². The molecule has 1 amide bonds. The fourth-order valence-corrected chi connectivity index (χ4v) is 9.28. The molecule has 0 spiro atoms. The maximum absolute atomic E-state index is 14.1. The van der Waals surface area contributed by atoms with Gasteiger partial charge in [-0.05, 0) is 62.7 Å². The minimum Gasteiger partial charge on any atom is -0.382 e. The first kappa shape index (κ1) is 38.9. The molecule has 1 aliphatic heterocycles. The van der Waals surface area contributed by atoms with Gasteiger partial charge in [-0.2, -0.15) is 8.42 Å². The first-order valence-corrected chi connectivity index (χ1v) is 19.9.